The van der Waals surface area contributed by atoms with Crippen molar-refractivity contribution < 1.29 is 16.8 Å². The van der Waals surface area contributed by atoms with Gasteiger partial charge < -0.3 is 0 Å². The lowest BCUT2D eigenvalue weighted by Crippen LogP contribution is -2.41. The van der Waals surface area contributed by atoms with Gasteiger partial charge in [-0.3, -0.25) is 4.98 Å². The molecule has 28 heavy (non-hydrogen) atoms. The summed E-state index contributed by atoms with van der Waals surface area (Å²) in [6.45, 7) is 4.67. The van der Waals surface area contributed by atoms with E-state index in [1.165, 1.54) is 22.8 Å². The van der Waals surface area contributed by atoms with Crippen molar-refractivity contribution in [3.8, 4) is 0 Å². The predicted octanol–water partition coefficient (Wildman–Crippen LogP) is 2.08. The number of hydrogen-bond donors (Lipinski definition) is 1. The van der Waals surface area contributed by atoms with Crippen LogP contribution >= 0.6 is 0 Å². The smallest absolute Gasteiger partial charge is 0.244 e. The fourth-order valence-corrected chi connectivity index (χ4v) is 6.18. The normalized spacial score (nSPS) is 16.9. The van der Waals surface area contributed by atoms with Crippen molar-refractivity contribution in [3.05, 3.63) is 53.9 Å². The van der Waals surface area contributed by atoms with Crippen molar-refractivity contribution >= 4 is 20.0 Å². The van der Waals surface area contributed by atoms with E-state index in [-0.39, 0.29) is 10.8 Å². The molecule has 1 aromatic carbocycles. The van der Waals surface area contributed by atoms with Gasteiger partial charge in [0.15, 0.2) is 0 Å². The Labute approximate surface area is 166 Å². The molecule has 3 rings (SSSR count). The summed E-state index contributed by atoms with van der Waals surface area (Å²) >= 11 is 0. The average Bonchev–Trinajstić information content (AvgIpc) is 2.69. The highest BCUT2D eigenvalue weighted by Gasteiger charge is 2.30. The number of piperidine rings is 1. The first kappa shape index (κ1) is 20.9. The first-order valence-electron chi connectivity index (χ1n) is 9.17. The SMILES string of the molecule is Cc1ccc(C)c(S(=O)(=O)NCC2CCN(S(=O)(=O)c3cccnc3)CC2)c1. The van der Waals surface area contributed by atoms with Crippen LogP contribution in [0.25, 0.3) is 0 Å². The van der Waals surface area contributed by atoms with Gasteiger partial charge in [0.2, 0.25) is 20.0 Å². The minimum Gasteiger partial charge on any atom is -0.263 e. The molecule has 0 saturated carbocycles. The van der Waals surface area contributed by atoms with Crippen molar-refractivity contribution in [2.45, 2.75) is 36.5 Å². The summed E-state index contributed by atoms with van der Waals surface area (Å²) in [4.78, 5) is 4.36. The quantitative estimate of drug-likeness (QED) is 0.767. The van der Waals surface area contributed by atoms with Gasteiger partial charge in [-0.15, -0.1) is 0 Å². The molecule has 2 aromatic rings. The van der Waals surface area contributed by atoms with Crippen LogP contribution in [0.3, 0.4) is 0 Å². The molecule has 2 heterocycles. The lowest BCUT2D eigenvalue weighted by molar-refractivity contribution is 0.274. The van der Waals surface area contributed by atoms with Crippen LogP contribution in [0, 0.1) is 19.8 Å². The zero-order valence-corrected chi connectivity index (χ0v) is 17.6. The van der Waals surface area contributed by atoms with Crippen LogP contribution in [0.15, 0.2) is 52.5 Å². The highest BCUT2D eigenvalue weighted by atomic mass is 32.2. The second-order valence-electron chi connectivity index (χ2n) is 7.16. The minimum absolute atomic E-state index is 0.0974. The molecule has 152 valence electrons. The van der Waals surface area contributed by atoms with Crippen LogP contribution in [-0.2, 0) is 20.0 Å². The average molecular weight is 424 g/mol. The van der Waals surface area contributed by atoms with E-state index in [2.05, 4.69) is 9.71 Å². The fraction of sp³-hybridized carbons (Fsp3) is 0.421. The van der Waals surface area contributed by atoms with Crippen LogP contribution in [0.5, 0.6) is 0 Å². The molecule has 7 nitrogen and oxygen atoms in total. The van der Waals surface area contributed by atoms with Gasteiger partial charge in [0.25, 0.3) is 0 Å². The molecule has 1 aliphatic heterocycles. The maximum absolute atomic E-state index is 12.6. The van der Waals surface area contributed by atoms with Crippen molar-refractivity contribution in [1.82, 2.24) is 14.0 Å². The van der Waals surface area contributed by atoms with Crippen molar-refractivity contribution in [2.75, 3.05) is 19.6 Å². The fourth-order valence-electron chi connectivity index (χ4n) is 3.30. The first-order valence-corrected chi connectivity index (χ1v) is 12.1. The van der Waals surface area contributed by atoms with Gasteiger partial charge in [-0.05, 0) is 61.9 Å². The molecule has 0 spiro atoms. The van der Waals surface area contributed by atoms with E-state index >= 15 is 0 Å². The van der Waals surface area contributed by atoms with E-state index < -0.39 is 20.0 Å². The zero-order valence-electron chi connectivity index (χ0n) is 16.0. The Morgan fingerprint density at radius 2 is 1.82 bits per heavy atom. The second-order valence-corrected chi connectivity index (χ2v) is 10.8. The number of nitrogens with zero attached hydrogens (tertiary/aromatic N) is 2. The zero-order chi connectivity index (χ0) is 20.4. The molecular formula is C19H25N3O4S2. The predicted molar refractivity (Wildman–Crippen MR) is 107 cm³/mol. The highest BCUT2D eigenvalue weighted by molar-refractivity contribution is 7.89. The molecule has 1 fully saturated rings. The third kappa shape index (κ3) is 4.60. The summed E-state index contributed by atoms with van der Waals surface area (Å²) in [5.74, 6) is 0.0974. The molecule has 1 saturated heterocycles. The Hall–Kier alpha value is -1.81. The Bertz CT molecular complexity index is 1030. The van der Waals surface area contributed by atoms with Gasteiger partial charge >= 0.3 is 0 Å². The van der Waals surface area contributed by atoms with Gasteiger partial charge in [0.1, 0.15) is 4.90 Å². The number of hydrogen-bond acceptors (Lipinski definition) is 5. The van der Waals surface area contributed by atoms with Crippen molar-refractivity contribution in [1.29, 1.82) is 0 Å². The summed E-state index contributed by atoms with van der Waals surface area (Å²) in [6, 6.07) is 8.48. The van der Waals surface area contributed by atoms with E-state index in [9.17, 15) is 16.8 Å². The van der Waals surface area contributed by atoms with Gasteiger partial charge in [-0.25, -0.2) is 21.6 Å². The molecular weight excluding hydrogens is 398 g/mol. The Balaban J connectivity index is 1.60. The number of aryl methyl sites for hydroxylation is 2. The van der Waals surface area contributed by atoms with Gasteiger partial charge in [-0.2, -0.15) is 4.31 Å². The lowest BCUT2D eigenvalue weighted by atomic mass is 9.99. The molecule has 1 aliphatic rings. The maximum atomic E-state index is 12.6. The maximum Gasteiger partial charge on any atom is 0.244 e. The van der Waals surface area contributed by atoms with E-state index in [0.29, 0.717) is 42.9 Å². The summed E-state index contributed by atoms with van der Waals surface area (Å²) in [5, 5.41) is 0. The molecule has 9 heteroatoms. The molecule has 1 aromatic heterocycles. The molecule has 1 N–H and O–H groups in total. The largest absolute Gasteiger partial charge is 0.263 e. The van der Waals surface area contributed by atoms with E-state index in [4.69, 9.17) is 0 Å². The summed E-state index contributed by atoms with van der Waals surface area (Å²) in [7, 11) is -7.14. The third-order valence-corrected chi connectivity index (χ3v) is 8.49. The summed E-state index contributed by atoms with van der Waals surface area (Å²) in [6.07, 6.45) is 4.09. The van der Waals surface area contributed by atoms with Crippen LogP contribution in [0.1, 0.15) is 24.0 Å². The highest BCUT2D eigenvalue weighted by Crippen LogP contribution is 2.24. The number of pyridine rings is 1. The number of nitrogens with one attached hydrogen (secondary N) is 1. The van der Waals surface area contributed by atoms with Crippen LogP contribution in [0.2, 0.25) is 0 Å². The van der Waals surface area contributed by atoms with Crippen LogP contribution in [0.4, 0.5) is 0 Å². The topological polar surface area (TPSA) is 96.4 Å². The van der Waals surface area contributed by atoms with Crippen LogP contribution in [-0.4, -0.2) is 45.8 Å². The van der Waals surface area contributed by atoms with Gasteiger partial charge in [-0.1, -0.05) is 12.1 Å². The number of rotatable bonds is 6. The summed E-state index contributed by atoms with van der Waals surface area (Å²) < 4.78 is 54.7. The van der Waals surface area contributed by atoms with Gasteiger partial charge in [0, 0.05) is 32.0 Å². The number of benzene rings is 1. The molecule has 0 atom stereocenters. The van der Waals surface area contributed by atoms with Crippen LogP contribution < -0.4 is 4.72 Å². The Morgan fingerprint density at radius 3 is 2.46 bits per heavy atom. The van der Waals surface area contributed by atoms with Crippen molar-refractivity contribution in [3.63, 3.8) is 0 Å². The molecule has 0 bridgehead atoms. The van der Waals surface area contributed by atoms with Gasteiger partial charge in [0.05, 0.1) is 4.90 Å². The van der Waals surface area contributed by atoms with E-state index in [1.807, 2.05) is 13.0 Å². The lowest BCUT2D eigenvalue weighted by Gasteiger charge is -2.31. The molecule has 0 aliphatic carbocycles. The monoisotopic (exact) mass is 423 g/mol. The Morgan fingerprint density at radius 1 is 1.11 bits per heavy atom. The standard InChI is InChI=1S/C19H25N3O4S2/c1-15-5-6-16(2)19(12-15)27(23,24)21-13-17-7-10-22(11-8-17)28(25,26)18-4-3-9-20-14-18/h3-6,9,12,14,17,21H,7-8,10-11,13H2,1-2H3. The van der Waals surface area contributed by atoms with E-state index in [0.717, 1.165) is 5.56 Å². The molecule has 0 radical (unpaired) electrons. The number of aromatic nitrogens is 1. The molecule has 0 amide bonds. The minimum atomic E-state index is -3.59. The van der Waals surface area contributed by atoms with Crippen molar-refractivity contribution in [2.24, 2.45) is 5.92 Å². The first-order chi connectivity index (χ1) is 13.2. The Kier molecular flexibility index (Phi) is 6.18. The second kappa shape index (κ2) is 8.28. The third-order valence-electron chi connectivity index (χ3n) is 5.04. The molecule has 0 unspecified atom stereocenters. The number of sulfonamides is 2. The summed E-state index contributed by atoms with van der Waals surface area (Å²) in [5.41, 5.74) is 1.59. The van der Waals surface area contributed by atoms with E-state index in [1.54, 1.807) is 25.1 Å².